The van der Waals surface area contributed by atoms with Crippen LogP contribution in [0.2, 0.25) is 0 Å². The minimum absolute atomic E-state index is 0.595. The van der Waals surface area contributed by atoms with Crippen molar-refractivity contribution in [2.75, 3.05) is 0 Å². The van der Waals surface area contributed by atoms with E-state index < -0.39 is 0 Å². The Kier molecular flexibility index (Phi) is 5.13. The third-order valence-electron chi connectivity index (χ3n) is 8.22. The number of furan rings is 1. The molecular formula is C38H22N4O. The van der Waals surface area contributed by atoms with E-state index in [2.05, 4.69) is 71.7 Å². The molecule has 43 heavy (non-hydrogen) atoms. The number of rotatable bonds is 3. The van der Waals surface area contributed by atoms with E-state index >= 15 is 0 Å². The van der Waals surface area contributed by atoms with Crippen molar-refractivity contribution in [2.24, 2.45) is 0 Å². The van der Waals surface area contributed by atoms with Crippen molar-refractivity contribution in [3.05, 3.63) is 134 Å². The monoisotopic (exact) mass is 550 g/mol. The average Bonchev–Trinajstić information content (AvgIpc) is 3.47. The lowest BCUT2D eigenvalue weighted by molar-refractivity contribution is 0.667. The highest BCUT2D eigenvalue weighted by Gasteiger charge is 2.19. The molecule has 9 aromatic rings. The van der Waals surface area contributed by atoms with Gasteiger partial charge in [0.25, 0.3) is 0 Å². The van der Waals surface area contributed by atoms with Crippen LogP contribution in [0, 0.1) is 0 Å². The number of hydrogen-bond acceptors (Lipinski definition) is 5. The van der Waals surface area contributed by atoms with Gasteiger partial charge in [-0.1, -0.05) is 109 Å². The largest absolute Gasteiger partial charge is 0.454 e. The Morgan fingerprint density at radius 1 is 0.419 bits per heavy atom. The van der Waals surface area contributed by atoms with E-state index in [1.807, 2.05) is 54.6 Å². The highest BCUT2D eigenvalue weighted by atomic mass is 16.3. The summed E-state index contributed by atoms with van der Waals surface area (Å²) in [7, 11) is 0. The van der Waals surface area contributed by atoms with Crippen LogP contribution in [-0.2, 0) is 0 Å². The summed E-state index contributed by atoms with van der Waals surface area (Å²) in [5, 5.41) is 9.11. The first-order valence-electron chi connectivity index (χ1n) is 14.2. The maximum absolute atomic E-state index is 6.14. The second kappa shape index (κ2) is 9.29. The molecule has 0 saturated heterocycles. The molecule has 0 amide bonds. The van der Waals surface area contributed by atoms with Crippen molar-refractivity contribution in [3.8, 4) is 34.2 Å². The molecule has 0 aliphatic rings. The zero-order chi connectivity index (χ0) is 28.3. The van der Waals surface area contributed by atoms with Gasteiger partial charge in [-0.3, -0.25) is 4.98 Å². The van der Waals surface area contributed by atoms with Gasteiger partial charge < -0.3 is 4.42 Å². The maximum atomic E-state index is 6.14. The molecule has 9 rings (SSSR count). The predicted octanol–water partition coefficient (Wildman–Crippen LogP) is 9.63. The quantitative estimate of drug-likeness (QED) is 0.205. The molecule has 6 aromatic carbocycles. The number of nitrogens with zero attached hydrogens (tertiary/aromatic N) is 4. The summed E-state index contributed by atoms with van der Waals surface area (Å²) in [4.78, 5) is 19.5. The van der Waals surface area contributed by atoms with Crippen LogP contribution >= 0.6 is 0 Å². The highest BCUT2D eigenvalue weighted by Crippen LogP contribution is 2.39. The van der Waals surface area contributed by atoms with Crippen LogP contribution in [0.4, 0.5) is 0 Å². The lowest BCUT2D eigenvalue weighted by Crippen LogP contribution is -2.01. The molecule has 0 atom stereocenters. The normalized spacial score (nSPS) is 11.7. The topological polar surface area (TPSA) is 64.7 Å². The van der Waals surface area contributed by atoms with Crippen molar-refractivity contribution >= 4 is 54.3 Å². The molecule has 0 fully saturated rings. The van der Waals surface area contributed by atoms with E-state index in [9.17, 15) is 0 Å². The molecule has 200 valence electrons. The van der Waals surface area contributed by atoms with Gasteiger partial charge in [-0.25, -0.2) is 15.0 Å². The molecule has 0 aliphatic heterocycles. The Hall–Kier alpha value is -5.94. The highest BCUT2D eigenvalue weighted by molar-refractivity contribution is 6.22. The number of fused-ring (bicyclic) bond motifs is 8. The predicted molar refractivity (Wildman–Crippen MR) is 174 cm³/mol. The molecule has 0 unspecified atom stereocenters. The first-order valence-corrected chi connectivity index (χ1v) is 14.2. The second-order valence-corrected chi connectivity index (χ2v) is 10.7. The summed E-state index contributed by atoms with van der Waals surface area (Å²) < 4.78 is 6.14. The van der Waals surface area contributed by atoms with Crippen molar-refractivity contribution in [3.63, 3.8) is 0 Å². The van der Waals surface area contributed by atoms with Gasteiger partial charge in [0.1, 0.15) is 5.58 Å². The van der Waals surface area contributed by atoms with Gasteiger partial charge in [-0.2, -0.15) is 0 Å². The average molecular weight is 551 g/mol. The Balaban J connectivity index is 1.35. The first-order chi connectivity index (χ1) is 21.3. The lowest BCUT2D eigenvalue weighted by atomic mass is 9.94. The number of benzene rings is 6. The second-order valence-electron chi connectivity index (χ2n) is 10.7. The molecule has 5 nitrogen and oxygen atoms in total. The Morgan fingerprint density at radius 3 is 2.07 bits per heavy atom. The smallest absolute Gasteiger partial charge is 0.164 e. The molecule has 0 radical (unpaired) electrons. The van der Waals surface area contributed by atoms with E-state index in [0.717, 1.165) is 44.0 Å². The fourth-order valence-corrected chi connectivity index (χ4v) is 6.26. The zero-order valence-electron chi connectivity index (χ0n) is 22.9. The van der Waals surface area contributed by atoms with E-state index in [0.29, 0.717) is 17.5 Å². The van der Waals surface area contributed by atoms with Crippen molar-refractivity contribution in [1.29, 1.82) is 0 Å². The van der Waals surface area contributed by atoms with Gasteiger partial charge in [0.15, 0.2) is 23.1 Å². The van der Waals surface area contributed by atoms with Gasteiger partial charge in [-0.15, -0.1) is 0 Å². The standard InChI is InChI=1S/C38H22N4O/c1-2-9-25(10-3-1)36-40-37(42-38(41-36)31-14-7-15-32-35(31)30-20-21-39-22-33(30)43-32)29-13-6-12-28-27(29)19-18-24-17-16-23-8-4-5-11-26(23)34(24)28/h1-22H. The van der Waals surface area contributed by atoms with Gasteiger partial charge in [0.05, 0.1) is 6.20 Å². The summed E-state index contributed by atoms with van der Waals surface area (Å²) in [6.45, 7) is 0. The molecule has 3 heterocycles. The zero-order valence-corrected chi connectivity index (χ0v) is 22.9. The van der Waals surface area contributed by atoms with Crippen LogP contribution in [0.25, 0.3) is 88.4 Å². The van der Waals surface area contributed by atoms with Crippen LogP contribution in [0.15, 0.2) is 138 Å². The van der Waals surface area contributed by atoms with Gasteiger partial charge in [0, 0.05) is 33.7 Å². The fraction of sp³-hybridized carbons (Fsp3) is 0. The third-order valence-corrected chi connectivity index (χ3v) is 8.22. The van der Waals surface area contributed by atoms with Gasteiger partial charge in [0.2, 0.25) is 0 Å². The van der Waals surface area contributed by atoms with E-state index in [1.54, 1.807) is 12.4 Å². The Morgan fingerprint density at radius 2 is 1.14 bits per heavy atom. The van der Waals surface area contributed by atoms with Crippen molar-refractivity contribution < 1.29 is 4.42 Å². The molecule has 0 N–H and O–H groups in total. The Bertz CT molecular complexity index is 2520. The molecule has 0 spiro atoms. The Labute approximate surface area is 246 Å². The summed E-state index contributed by atoms with van der Waals surface area (Å²) in [5.41, 5.74) is 4.28. The maximum Gasteiger partial charge on any atom is 0.164 e. The first kappa shape index (κ1) is 23.7. The fourth-order valence-electron chi connectivity index (χ4n) is 6.26. The minimum atomic E-state index is 0.595. The molecule has 5 heteroatoms. The van der Waals surface area contributed by atoms with Crippen LogP contribution in [-0.4, -0.2) is 19.9 Å². The minimum Gasteiger partial charge on any atom is -0.454 e. The number of aromatic nitrogens is 4. The lowest BCUT2D eigenvalue weighted by Gasteiger charge is -2.13. The number of pyridine rings is 1. The van der Waals surface area contributed by atoms with Crippen LogP contribution in [0.1, 0.15) is 0 Å². The van der Waals surface area contributed by atoms with E-state index in [1.165, 1.54) is 26.9 Å². The van der Waals surface area contributed by atoms with Gasteiger partial charge in [-0.05, 0) is 44.5 Å². The number of hydrogen-bond donors (Lipinski definition) is 0. The van der Waals surface area contributed by atoms with Crippen molar-refractivity contribution in [1.82, 2.24) is 19.9 Å². The molecule has 0 aliphatic carbocycles. The summed E-state index contributed by atoms with van der Waals surface area (Å²) in [6, 6.07) is 41.8. The van der Waals surface area contributed by atoms with E-state index in [4.69, 9.17) is 19.4 Å². The van der Waals surface area contributed by atoms with Crippen LogP contribution in [0.5, 0.6) is 0 Å². The SMILES string of the molecule is c1ccc(-c2nc(-c3cccc4c3ccc3ccc5ccccc5c34)nc(-c3cccc4oc5cnccc5c34)n2)cc1. The summed E-state index contributed by atoms with van der Waals surface area (Å²) in [6.07, 6.45) is 3.53. The molecule has 0 bridgehead atoms. The van der Waals surface area contributed by atoms with Crippen molar-refractivity contribution in [2.45, 2.75) is 0 Å². The van der Waals surface area contributed by atoms with Crippen LogP contribution in [0.3, 0.4) is 0 Å². The third kappa shape index (κ3) is 3.72. The van der Waals surface area contributed by atoms with Crippen LogP contribution < -0.4 is 0 Å². The summed E-state index contributed by atoms with van der Waals surface area (Å²) in [5.74, 6) is 1.84. The molecular weight excluding hydrogens is 528 g/mol. The van der Waals surface area contributed by atoms with Gasteiger partial charge >= 0.3 is 0 Å². The van der Waals surface area contributed by atoms with E-state index in [-0.39, 0.29) is 0 Å². The summed E-state index contributed by atoms with van der Waals surface area (Å²) >= 11 is 0. The molecule has 3 aromatic heterocycles. The molecule has 0 saturated carbocycles.